The molecule has 0 aromatic carbocycles. The van der Waals surface area contributed by atoms with Gasteiger partial charge in [0, 0.05) is 31.5 Å². The van der Waals surface area contributed by atoms with Crippen LogP contribution in [-0.2, 0) is 6.54 Å². The number of hydrogen-bond acceptors (Lipinski definition) is 3. The van der Waals surface area contributed by atoms with E-state index in [1.165, 1.54) is 12.0 Å². The van der Waals surface area contributed by atoms with Gasteiger partial charge >= 0.3 is 0 Å². The number of carbonyl (C=O) groups excluding carboxylic acids is 1. The number of hydrogen-bond donors (Lipinski definition) is 0. The number of imidazole rings is 1. The number of likely N-dealkylation sites (tertiary alicyclic amines) is 1. The van der Waals surface area contributed by atoms with Gasteiger partial charge in [-0.25, -0.2) is 4.98 Å². The Hall–Kier alpha value is -2.04. The molecule has 2 aromatic heterocycles. The van der Waals surface area contributed by atoms with Crippen LogP contribution < -0.4 is 0 Å². The van der Waals surface area contributed by atoms with Gasteiger partial charge in [-0.1, -0.05) is 0 Å². The quantitative estimate of drug-likeness (QED) is 0.862. The fourth-order valence-electron chi connectivity index (χ4n) is 2.85. The highest BCUT2D eigenvalue weighted by atomic mass is 16.3. The lowest BCUT2D eigenvalue weighted by molar-refractivity contribution is 0.0785. The number of nitrogens with zero attached hydrogens (tertiary/aromatic N) is 3. The molecular formula is C15H19N3O2. The minimum absolute atomic E-state index is 0.0697. The van der Waals surface area contributed by atoms with Crippen molar-refractivity contribution in [2.75, 3.05) is 13.1 Å². The van der Waals surface area contributed by atoms with E-state index in [2.05, 4.69) is 16.5 Å². The number of furan rings is 1. The highest BCUT2D eigenvalue weighted by Crippen LogP contribution is 2.21. The van der Waals surface area contributed by atoms with E-state index >= 15 is 0 Å². The molecule has 3 rings (SSSR count). The van der Waals surface area contributed by atoms with Gasteiger partial charge in [-0.3, -0.25) is 4.79 Å². The number of aryl methyl sites for hydroxylation is 2. The van der Waals surface area contributed by atoms with E-state index in [4.69, 9.17) is 4.42 Å². The molecule has 0 N–H and O–H groups in total. The number of rotatable bonds is 3. The molecule has 3 heterocycles. The SMILES string of the molecule is Cc1cnc(C)n1CC1CCN(C(=O)c2ccoc2)C1. The molecular weight excluding hydrogens is 254 g/mol. The lowest BCUT2D eigenvalue weighted by Gasteiger charge is -2.17. The maximum absolute atomic E-state index is 12.2. The molecule has 1 amide bonds. The Kier molecular flexibility index (Phi) is 3.34. The molecule has 1 fully saturated rings. The number of carbonyl (C=O) groups is 1. The zero-order valence-electron chi connectivity index (χ0n) is 11.9. The summed E-state index contributed by atoms with van der Waals surface area (Å²) in [4.78, 5) is 18.5. The topological polar surface area (TPSA) is 51.3 Å². The van der Waals surface area contributed by atoms with Crippen molar-refractivity contribution < 1.29 is 9.21 Å². The summed E-state index contributed by atoms with van der Waals surface area (Å²) in [7, 11) is 0. The van der Waals surface area contributed by atoms with Crippen LogP contribution in [0, 0.1) is 19.8 Å². The summed E-state index contributed by atoms with van der Waals surface area (Å²) in [6.07, 6.45) is 6.00. The van der Waals surface area contributed by atoms with E-state index in [-0.39, 0.29) is 5.91 Å². The zero-order valence-corrected chi connectivity index (χ0v) is 11.9. The smallest absolute Gasteiger partial charge is 0.257 e. The first-order valence-corrected chi connectivity index (χ1v) is 6.95. The maximum Gasteiger partial charge on any atom is 0.257 e. The molecule has 0 aliphatic carbocycles. The molecule has 5 heteroatoms. The van der Waals surface area contributed by atoms with Crippen LogP contribution in [0.4, 0.5) is 0 Å². The molecule has 1 atom stereocenters. The molecule has 1 saturated heterocycles. The Balaban J connectivity index is 1.64. The fraction of sp³-hybridized carbons (Fsp3) is 0.467. The maximum atomic E-state index is 12.2. The second-order valence-electron chi connectivity index (χ2n) is 5.48. The van der Waals surface area contributed by atoms with Crippen LogP contribution in [-0.4, -0.2) is 33.4 Å². The first-order chi connectivity index (χ1) is 9.65. The van der Waals surface area contributed by atoms with Gasteiger partial charge in [0.25, 0.3) is 5.91 Å². The van der Waals surface area contributed by atoms with E-state index in [1.807, 2.05) is 18.0 Å². The van der Waals surface area contributed by atoms with E-state index < -0.39 is 0 Å². The summed E-state index contributed by atoms with van der Waals surface area (Å²) < 4.78 is 7.21. The first kappa shape index (κ1) is 13.0. The molecule has 0 radical (unpaired) electrons. The number of aromatic nitrogens is 2. The molecule has 0 saturated carbocycles. The molecule has 2 aromatic rings. The summed E-state index contributed by atoms with van der Waals surface area (Å²) in [5, 5.41) is 0. The van der Waals surface area contributed by atoms with Crippen LogP contribution >= 0.6 is 0 Å². The minimum atomic E-state index is 0.0697. The van der Waals surface area contributed by atoms with Crippen LogP contribution in [0.25, 0.3) is 0 Å². The lowest BCUT2D eigenvalue weighted by atomic mass is 10.1. The van der Waals surface area contributed by atoms with Gasteiger partial charge in [0.1, 0.15) is 12.1 Å². The van der Waals surface area contributed by atoms with Gasteiger partial charge in [-0.15, -0.1) is 0 Å². The third kappa shape index (κ3) is 2.35. The molecule has 1 unspecified atom stereocenters. The highest BCUT2D eigenvalue weighted by molar-refractivity contribution is 5.93. The Labute approximate surface area is 118 Å². The molecule has 106 valence electrons. The van der Waals surface area contributed by atoms with E-state index in [0.29, 0.717) is 11.5 Å². The summed E-state index contributed by atoms with van der Waals surface area (Å²) in [6.45, 7) is 6.66. The third-order valence-electron chi connectivity index (χ3n) is 4.04. The molecule has 5 nitrogen and oxygen atoms in total. The average Bonchev–Trinajstić information content (AvgIpc) is 3.15. The van der Waals surface area contributed by atoms with Crippen molar-refractivity contribution in [1.29, 1.82) is 0 Å². The Morgan fingerprint density at radius 3 is 3.00 bits per heavy atom. The summed E-state index contributed by atoms with van der Waals surface area (Å²) >= 11 is 0. The molecule has 20 heavy (non-hydrogen) atoms. The Morgan fingerprint density at radius 2 is 2.35 bits per heavy atom. The Bertz CT molecular complexity index is 581. The fourth-order valence-corrected chi connectivity index (χ4v) is 2.85. The molecule has 0 spiro atoms. The average molecular weight is 273 g/mol. The largest absolute Gasteiger partial charge is 0.472 e. The standard InChI is InChI=1S/C15H19N3O2/c1-11-7-16-12(2)18(11)9-13-3-5-17(8-13)15(19)14-4-6-20-10-14/h4,6-7,10,13H,3,5,8-9H2,1-2H3. The van der Waals surface area contributed by atoms with Crippen LogP contribution in [0.2, 0.25) is 0 Å². The van der Waals surface area contributed by atoms with Crippen LogP contribution in [0.1, 0.15) is 28.3 Å². The first-order valence-electron chi connectivity index (χ1n) is 6.95. The van der Waals surface area contributed by atoms with Crippen LogP contribution in [0.5, 0.6) is 0 Å². The minimum Gasteiger partial charge on any atom is -0.472 e. The van der Waals surface area contributed by atoms with E-state index in [0.717, 1.165) is 31.9 Å². The molecule has 0 bridgehead atoms. The van der Waals surface area contributed by atoms with Crippen LogP contribution in [0.15, 0.2) is 29.2 Å². The van der Waals surface area contributed by atoms with Crippen molar-refractivity contribution >= 4 is 5.91 Å². The predicted octanol–water partition coefficient (Wildman–Crippen LogP) is 2.26. The second kappa shape index (κ2) is 5.15. The van der Waals surface area contributed by atoms with Gasteiger partial charge in [-0.2, -0.15) is 0 Å². The monoisotopic (exact) mass is 273 g/mol. The van der Waals surface area contributed by atoms with Gasteiger partial charge in [0.2, 0.25) is 0 Å². The second-order valence-corrected chi connectivity index (χ2v) is 5.48. The lowest BCUT2D eigenvalue weighted by Crippen LogP contribution is -2.29. The van der Waals surface area contributed by atoms with Crippen molar-refractivity contribution in [3.05, 3.63) is 41.9 Å². The summed E-state index contributed by atoms with van der Waals surface area (Å²) in [6, 6.07) is 1.72. The Morgan fingerprint density at radius 1 is 1.50 bits per heavy atom. The van der Waals surface area contributed by atoms with Crippen molar-refractivity contribution in [1.82, 2.24) is 14.5 Å². The van der Waals surface area contributed by atoms with Gasteiger partial charge in [0.15, 0.2) is 0 Å². The third-order valence-corrected chi connectivity index (χ3v) is 4.04. The van der Waals surface area contributed by atoms with Crippen molar-refractivity contribution in [3.8, 4) is 0 Å². The summed E-state index contributed by atoms with van der Waals surface area (Å²) in [5.41, 5.74) is 1.82. The molecule has 1 aliphatic rings. The molecule has 1 aliphatic heterocycles. The normalized spacial score (nSPS) is 18.7. The van der Waals surface area contributed by atoms with Gasteiger partial charge in [0.05, 0.1) is 11.8 Å². The number of amides is 1. The highest BCUT2D eigenvalue weighted by Gasteiger charge is 2.28. The van der Waals surface area contributed by atoms with Gasteiger partial charge < -0.3 is 13.9 Å². The van der Waals surface area contributed by atoms with Crippen molar-refractivity contribution in [3.63, 3.8) is 0 Å². The van der Waals surface area contributed by atoms with E-state index in [9.17, 15) is 4.79 Å². The van der Waals surface area contributed by atoms with Crippen molar-refractivity contribution in [2.24, 2.45) is 5.92 Å². The predicted molar refractivity (Wildman–Crippen MR) is 74.4 cm³/mol. The summed E-state index contributed by atoms with van der Waals surface area (Å²) in [5.74, 6) is 1.61. The van der Waals surface area contributed by atoms with E-state index in [1.54, 1.807) is 12.3 Å². The van der Waals surface area contributed by atoms with Crippen LogP contribution in [0.3, 0.4) is 0 Å². The van der Waals surface area contributed by atoms with Crippen molar-refractivity contribution in [2.45, 2.75) is 26.8 Å². The zero-order chi connectivity index (χ0) is 14.1. The van der Waals surface area contributed by atoms with Gasteiger partial charge in [-0.05, 0) is 32.3 Å².